The molecule has 0 radical (unpaired) electrons. The molecule has 7 heteroatoms. The van der Waals surface area contributed by atoms with Gasteiger partial charge in [-0.2, -0.15) is 0 Å². The quantitative estimate of drug-likeness (QED) is 0.604. The molecule has 0 fully saturated rings. The Morgan fingerprint density at radius 1 is 1.15 bits per heavy atom. The second-order valence-corrected chi connectivity index (χ2v) is 6.39. The molecule has 0 aromatic heterocycles. The summed E-state index contributed by atoms with van der Waals surface area (Å²) in [5.74, 6) is -0.0517. The summed E-state index contributed by atoms with van der Waals surface area (Å²) < 4.78 is 0. The average molecular weight is 372 g/mol. The number of nitrogens with one attached hydrogen (secondary N) is 2. The van der Waals surface area contributed by atoms with E-state index in [2.05, 4.69) is 10.6 Å². The average Bonchev–Trinajstić information content (AvgIpc) is 3.05. The fraction of sp³-hybridized carbons (Fsp3) is 0.211. The van der Waals surface area contributed by atoms with Crippen molar-refractivity contribution in [2.24, 2.45) is 0 Å². The Kier molecular flexibility index (Phi) is 5.53. The molecule has 26 heavy (non-hydrogen) atoms. The van der Waals surface area contributed by atoms with Crippen molar-refractivity contribution in [3.05, 3.63) is 58.6 Å². The van der Waals surface area contributed by atoms with Gasteiger partial charge in [-0.15, -0.1) is 0 Å². The molecular weight excluding hydrogens is 354 g/mol. The van der Waals surface area contributed by atoms with Crippen molar-refractivity contribution < 1.29 is 14.4 Å². The lowest BCUT2D eigenvalue weighted by molar-refractivity contribution is -0.107. The minimum atomic E-state index is -0.379. The van der Waals surface area contributed by atoms with Crippen LogP contribution in [-0.2, 0) is 11.2 Å². The highest BCUT2D eigenvalue weighted by Crippen LogP contribution is 2.27. The zero-order valence-electron chi connectivity index (χ0n) is 14.0. The third-order valence-electron chi connectivity index (χ3n) is 4.20. The Morgan fingerprint density at radius 2 is 1.92 bits per heavy atom. The van der Waals surface area contributed by atoms with Gasteiger partial charge in [-0.1, -0.05) is 11.6 Å². The fourth-order valence-corrected chi connectivity index (χ4v) is 2.98. The van der Waals surface area contributed by atoms with E-state index in [1.807, 2.05) is 6.07 Å². The SMILES string of the molecule is O=CN1CCc2cc(C(=O)CCNC(=O)Nc3ccc(Cl)cc3)ccc21. The molecule has 1 aliphatic heterocycles. The highest BCUT2D eigenvalue weighted by Gasteiger charge is 2.19. The molecule has 0 atom stereocenters. The van der Waals surface area contributed by atoms with Gasteiger partial charge in [0.25, 0.3) is 0 Å². The number of amides is 3. The van der Waals surface area contributed by atoms with Crippen LogP contribution < -0.4 is 15.5 Å². The largest absolute Gasteiger partial charge is 0.337 e. The zero-order chi connectivity index (χ0) is 18.5. The topological polar surface area (TPSA) is 78.5 Å². The summed E-state index contributed by atoms with van der Waals surface area (Å²) in [5, 5.41) is 5.92. The highest BCUT2D eigenvalue weighted by molar-refractivity contribution is 6.30. The third-order valence-corrected chi connectivity index (χ3v) is 4.45. The Balaban J connectivity index is 1.49. The Hall–Kier alpha value is -2.86. The smallest absolute Gasteiger partial charge is 0.319 e. The number of anilines is 2. The number of halogens is 1. The summed E-state index contributed by atoms with van der Waals surface area (Å²) in [6, 6.07) is 11.7. The molecule has 0 bridgehead atoms. The van der Waals surface area contributed by atoms with Gasteiger partial charge in [0, 0.05) is 41.5 Å². The minimum Gasteiger partial charge on any atom is -0.337 e. The van der Waals surface area contributed by atoms with Crippen molar-refractivity contribution in [2.75, 3.05) is 23.3 Å². The standard InChI is InChI=1S/C19H18ClN3O3/c20-15-2-4-16(5-3-15)22-19(26)21-9-7-18(25)14-1-6-17-13(11-14)8-10-23(17)12-24/h1-6,11-12H,7-10H2,(H2,21,22,26). The van der Waals surface area contributed by atoms with Crippen LogP contribution in [0.2, 0.25) is 5.02 Å². The molecule has 3 rings (SSSR count). The zero-order valence-corrected chi connectivity index (χ0v) is 14.8. The van der Waals surface area contributed by atoms with Gasteiger partial charge in [-0.25, -0.2) is 4.79 Å². The molecule has 0 spiro atoms. The molecular formula is C19H18ClN3O3. The highest BCUT2D eigenvalue weighted by atomic mass is 35.5. The number of ketones is 1. The van der Waals surface area contributed by atoms with Crippen LogP contribution in [0.5, 0.6) is 0 Å². The molecule has 1 aliphatic rings. The summed E-state index contributed by atoms with van der Waals surface area (Å²) in [7, 11) is 0. The van der Waals surface area contributed by atoms with E-state index in [0.29, 0.717) is 22.8 Å². The lowest BCUT2D eigenvalue weighted by Crippen LogP contribution is -2.30. The summed E-state index contributed by atoms with van der Waals surface area (Å²) in [5.41, 5.74) is 3.07. The van der Waals surface area contributed by atoms with Gasteiger partial charge in [-0.3, -0.25) is 9.59 Å². The maximum Gasteiger partial charge on any atom is 0.319 e. The van der Waals surface area contributed by atoms with Crippen molar-refractivity contribution in [3.63, 3.8) is 0 Å². The molecule has 1 heterocycles. The predicted octanol–water partition coefficient (Wildman–Crippen LogP) is 3.25. The van der Waals surface area contributed by atoms with Crippen LogP contribution in [0.25, 0.3) is 0 Å². The molecule has 0 aliphatic carbocycles. The molecule has 2 aromatic rings. The van der Waals surface area contributed by atoms with Crippen LogP contribution in [0.3, 0.4) is 0 Å². The van der Waals surface area contributed by atoms with E-state index >= 15 is 0 Å². The maximum absolute atomic E-state index is 12.3. The van der Waals surface area contributed by atoms with Crippen LogP contribution in [0, 0.1) is 0 Å². The molecule has 134 valence electrons. The monoisotopic (exact) mass is 371 g/mol. The number of hydrogen-bond donors (Lipinski definition) is 2. The van der Waals surface area contributed by atoms with Gasteiger partial charge in [0.15, 0.2) is 5.78 Å². The number of urea groups is 1. The summed E-state index contributed by atoms with van der Waals surface area (Å²) in [6.45, 7) is 0.874. The summed E-state index contributed by atoms with van der Waals surface area (Å²) in [6.07, 6.45) is 1.75. The number of carbonyl (C=O) groups excluding carboxylic acids is 3. The van der Waals surface area contributed by atoms with E-state index in [1.54, 1.807) is 41.3 Å². The number of Topliss-reactive ketones (excluding diaryl/α,β-unsaturated/α-hetero) is 1. The maximum atomic E-state index is 12.3. The molecule has 2 N–H and O–H groups in total. The number of nitrogens with zero attached hydrogens (tertiary/aromatic N) is 1. The lowest BCUT2D eigenvalue weighted by atomic mass is 10.0. The molecule has 0 saturated carbocycles. The van der Waals surface area contributed by atoms with Crippen LogP contribution in [0.15, 0.2) is 42.5 Å². The first-order valence-electron chi connectivity index (χ1n) is 8.25. The van der Waals surface area contributed by atoms with Crippen molar-refractivity contribution in [2.45, 2.75) is 12.8 Å². The van der Waals surface area contributed by atoms with Crippen molar-refractivity contribution in [1.82, 2.24) is 5.32 Å². The number of fused-ring (bicyclic) bond motifs is 1. The Morgan fingerprint density at radius 3 is 2.65 bits per heavy atom. The Labute approximate surface area is 156 Å². The molecule has 0 unspecified atom stereocenters. The van der Waals surface area contributed by atoms with E-state index in [0.717, 1.165) is 24.1 Å². The van der Waals surface area contributed by atoms with Gasteiger partial charge < -0.3 is 15.5 Å². The van der Waals surface area contributed by atoms with Crippen LogP contribution in [0.1, 0.15) is 22.3 Å². The van der Waals surface area contributed by atoms with Crippen molar-refractivity contribution >= 4 is 41.2 Å². The van der Waals surface area contributed by atoms with E-state index in [4.69, 9.17) is 11.6 Å². The number of hydrogen-bond acceptors (Lipinski definition) is 3. The molecule has 3 amide bonds. The van der Waals surface area contributed by atoms with Crippen LogP contribution in [0.4, 0.5) is 16.2 Å². The van der Waals surface area contributed by atoms with E-state index in [1.165, 1.54) is 0 Å². The Bertz CT molecular complexity index is 836. The first-order valence-corrected chi connectivity index (χ1v) is 8.63. The summed E-state index contributed by atoms with van der Waals surface area (Å²) in [4.78, 5) is 36.7. The van der Waals surface area contributed by atoms with Crippen LogP contribution in [-0.4, -0.2) is 31.3 Å². The van der Waals surface area contributed by atoms with Crippen molar-refractivity contribution in [1.29, 1.82) is 0 Å². The van der Waals surface area contributed by atoms with Gasteiger partial charge in [0.2, 0.25) is 6.41 Å². The third kappa shape index (κ3) is 4.21. The normalized spacial score (nSPS) is 12.4. The fourth-order valence-electron chi connectivity index (χ4n) is 2.85. The number of carbonyl (C=O) groups is 3. The molecule has 6 nitrogen and oxygen atoms in total. The van der Waals surface area contributed by atoms with Gasteiger partial charge in [0.05, 0.1) is 0 Å². The number of benzene rings is 2. The first-order chi connectivity index (χ1) is 12.6. The van der Waals surface area contributed by atoms with Gasteiger partial charge in [0.1, 0.15) is 0 Å². The van der Waals surface area contributed by atoms with E-state index in [9.17, 15) is 14.4 Å². The van der Waals surface area contributed by atoms with Crippen molar-refractivity contribution in [3.8, 4) is 0 Å². The lowest BCUT2D eigenvalue weighted by Gasteiger charge is -2.10. The minimum absolute atomic E-state index is 0.0517. The van der Waals surface area contributed by atoms with E-state index < -0.39 is 0 Å². The predicted molar refractivity (Wildman–Crippen MR) is 101 cm³/mol. The first kappa shape index (κ1) is 17.9. The molecule has 2 aromatic carbocycles. The molecule has 0 saturated heterocycles. The van der Waals surface area contributed by atoms with E-state index in [-0.39, 0.29) is 24.8 Å². The second-order valence-electron chi connectivity index (χ2n) is 5.95. The van der Waals surface area contributed by atoms with Gasteiger partial charge in [-0.05, 0) is 54.4 Å². The van der Waals surface area contributed by atoms with Gasteiger partial charge >= 0.3 is 6.03 Å². The second kappa shape index (κ2) is 8.01. The van der Waals surface area contributed by atoms with Crippen LogP contribution >= 0.6 is 11.6 Å². The number of rotatable bonds is 6. The summed E-state index contributed by atoms with van der Waals surface area (Å²) >= 11 is 5.79.